The lowest BCUT2D eigenvalue weighted by Crippen LogP contribution is -2.33. The van der Waals surface area contributed by atoms with E-state index in [1.165, 1.54) is 12.8 Å². The molecule has 0 saturated heterocycles. The second-order valence-electron chi connectivity index (χ2n) is 4.08. The third-order valence-corrected chi connectivity index (χ3v) is 2.63. The molecule has 3 nitrogen and oxygen atoms in total. The van der Waals surface area contributed by atoms with Gasteiger partial charge in [0.1, 0.15) is 0 Å². The maximum atomic E-state index is 9.33. The summed E-state index contributed by atoms with van der Waals surface area (Å²) in [5.41, 5.74) is 0. The molecule has 0 aromatic carbocycles. The van der Waals surface area contributed by atoms with Gasteiger partial charge in [-0.3, -0.25) is 0 Å². The number of aliphatic hydroxyl groups excluding tert-OH is 1. The van der Waals surface area contributed by atoms with Gasteiger partial charge in [0, 0.05) is 13.7 Å². The standard InChI is InChI=1S/C10H21NO2/c1-8(9-3-4-9)5-11-6-10(12)7-13-2/h8-12H,3-7H2,1-2H3. The molecule has 2 unspecified atom stereocenters. The van der Waals surface area contributed by atoms with Gasteiger partial charge in [0.05, 0.1) is 12.7 Å². The molecule has 0 aliphatic heterocycles. The fraction of sp³-hybridized carbons (Fsp3) is 1.00. The van der Waals surface area contributed by atoms with Gasteiger partial charge in [0.2, 0.25) is 0 Å². The molecule has 1 fully saturated rings. The Morgan fingerprint density at radius 2 is 2.15 bits per heavy atom. The molecule has 0 spiro atoms. The smallest absolute Gasteiger partial charge is 0.0897 e. The predicted molar refractivity (Wildman–Crippen MR) is 52.6 cm³/mol. The third-order valence-electron chi connectivity index (χ3n) is 2.63. The van der Waals surface area contributed by atoms with Gasteiger partial charge < -0.3 is 15.2 Å². The van der Waals surface area contributed by atoms with Crippen LogP contribution in [0.2, 0.25) is 0 Å². The van der Waals surface area contributed by atoms with Crippen LogP contribution < -0.4 is 5.32 Å². The van der Waals surface area contributed by atoms with Crippen LogP contribution in [0.15, 0.2) is 0 Å². The largest absolute Gasteiger partial charge is 0.389 e. The summed E-state index contributed by atoms with van der Waals surface area (Å²) < 4.78 is 4.83. The zero-order valence-electron chi connectivity index (χ0n) is 8.62. The second kappa shape index (κ2) is 5.58. The number of methoxy groups -OCH3 is 1. The molecule has 3 heteroatoms. The second-order valence-corrected chi connectivity index (χ2v) is 4.08. The van der Waals surface area contributed by atoms with E-state index in [1.807, 2.05) is 0 Å². The highest BCUT2D eigenvalue weighted by Gasteiger charge is 2.27. The minimum absolute atomic E-state index is 0.364. The average Bonchev–Trinajstić information content (AvgIpc) is 2.86. The van der Waals surface area contributed by atoms with Crippen molar-refractivity contribution in [3.05, 3.63) is 0 Å². The van der Waals surface area contributed by atoms with Crippen LogP contribution in [0.1, 0.15) is 19.8 Å². The van der Waals surface area contributed by atoms with Crippen molar-refractivity contribution in [2.75, 3.05) is 26.8 Å². The van der Waals surface area contributed by atoms with Crippen LogP contribution >= 0.6 is 0 Å². The number of hydrogen-bond acceptors (Lipinski definition) is 3. The van der Waals surface area contributed by atoms with E-state index in [-0.39, 0.29) is 6.10 Å². The van der Waals surface area contributed by atoms with E-state index in [9.17, 15) is 5.11 Å². The zero-order chi connectivity index (χ0) is 9.68. The quantitative estimate of drug-likeness (QED) is 0.614. The molecule has 0 aromatic rings. The number of rotatable bonds is 7. The first-order chi connectivity index (χ1) is 6.24. The highest BCUT2D eigenvalue weighted by Crippen LogP contribution is 2.35. The van der Waals surface area contributed by atoms with Crippen LogP contribution in [0, 0.1) is 11.8 Å². The lowest BCUT2D eigenvalue weighted by molar-refractivity contribution is 0.0640. The fourth-order valence-corrected chi connectivity index (χ4v) is 1.56. The Balaban J connectivity index is 1.92. The van der Waals surface area contributed by atoms with Crippen molar-refractivity contribution in [1.29, 1.82) is 0 Å². The Kier molecular flexibility index (Phi) is 4.70. The molecule has 1 aliphatic carbocycles. The molecule has 2 N–H and O–H groups in total. The summed E-state index contributed by atoms with van der Waals surface area (Å²) in [7, 11) is 1.61. The number of nitrogens with one attached hydrogen (secondary N) is 1. The Morgan fingerprint density at radius 3 is 2.69 bits per heavy atom. The summed E-state index contributed by atoms with van der Waals surface area (Å²) in [6.07, 6.45) is 2.42. The number of aliphatic hydroxyl groups is 1. The maximum absolute atomic E-state index is 9.33. The molecule has 1 rings (SSSR count). The Morgan fingerprint density at radius 1 is 1.46 bits per heavy atom. The molecule has 13 heavy (non-hydrogen) atoms. The minimum atomic E-state index is -0.364. The van der Waals surface area contributed by atoms with E-state index in [0.717, 1.165) is 18.4 Å². The fourth-order valence-electron chi connectivity index (χ4n) is 1.56. The van der Waals surface area contributed by atoms with Crippen molar-refractivity contribution in [1.82, 2.24) is 5.32 Å². The van der Waals surface area contributed by atoms with Crippen LogP contribution in [-0.4, -0.2) is 38.0 Å². The summed E-state index contributed by atoms with van der Waals surface area (Å²) in [4.78, 5) is 0. The first-order valence-electron chi connectivity index (χ1n) is 5.11. The SMILES string of the molecule is COCC(O)CNCC(C)C1CC1. The van der Waals surface area contributed by atoms with Crippen LogP contribution in [0.5, 0.6) is 0 Å². The maximum Gasteiger partial charge on any atom is 0.0897 e. The molecule has 1 aliphatic rings. The third kappa shape index (κ3) is 4.60. The Hall–Kier alpha value is -0.120. The topological polar surface area (TPSA) is 41.5 Å². The van der Waals surface area contributed by atoms with Gasteiger partial charge in [-0.1, -0.05) is 6.92 Å². The number of hydrogen-bond donors (Lipinski definition) is 2. The van der Waals surface area contributed by atoms with Crippen molar-refractivity contribution in [2.45, 2.75) is 25.9 Å². The minimum Gasteiger partial charge on any atom is -0.389 e. The van der Waals surface area contributed by atoms with Gasteiger partial charge in [-0.05, 0) is 31.2 Å². The summed E-state index contributed by atoms with van der Waals surface area (Å²) in [6, 6.07) is 0. The molecule has 78 valence electrons. The van der Waals surface area contributed by atoms with Gasteiger partial charge in [0.25, 0.3) is 0 Å². The normalized spacial score (nSPS) is 21.5. The van der Waals surface area contributed by atoms with Crippen LogP contribution in [0.4, 0.5) is 0 Å². The Bertz CT molecular complexity index is 137. The van der Waals surface area contributed by atoms with Crippen molar-refractivity contribution in [3.8, 4) is 0 Å². The predicted octanol–water partition coefficient (Wildman–Crippen LogP) is 0.629. The van der Waals surface area contributed by atoms with Crippen molar-refractivity contribution in [3.63, 3.8) is 0 Å². The zero-order valence-corrected chi connectivity index (χ0v) is 8.62. The van der Waals surface area contributed by atoms with Crippen molar-refractivity contribution >= 4 is 0 Å². The van der Waals surface area contributed by atoms with E-state index in [1.54, 1.807) is 7.11 Å². The Labute approximate surface area is 80.5 Å². The molecule has 0 bridgehead atoms. The summed E-state index contributed by atoms with van der Waals surface area (Å²) in [5.74, 6) is 1.70. The summed E-state index contributed by atoms with van der Waals surface area (Å²) in [6.45, 7) is 4.36. The molecule has 0 amide bonds. The van der Waals surface area contributed by atoms with Gasteiger partial charge >= 0.3 is 0 Å². The highest BCUT2D eigenvalue weighted by atomic mass is 16.5. The molecule has 0 heterocycles. The van der Waals surface area contributed by atoms with Gasteiger partial charge in [-0.2, -0.15) is 0 Å². The monoisotopic (exact) mass is 187 g/mol. The average molecular weight is 187 g/mol. The van der Waals surface area contributed by atoms with Gasteiger partial charge in [-0.25, -0.2) is 0 Å². The number of ether oxygens (including phenoxy) is 1. The molecular formula is C10H21NO2. The van der Waals surface area contributed by atoms with Crippen molar-refractivity contribution in [2.24, 2.45) is 11.8 Å². The molecule has 0 aromatic heterocycles. The molecule has 0 radical (unpaired) electrons. The molecular weight excluding hydrogens is 166 g/mol. The van der Waals surface area contributed by atoms with E-state index < -0.39 is 0 Å². The molecule has 1 saturated carbocycles. The molecule has 2 atom stereocenters. The van der Waals surface area contributed by atoms with Crippen molar-refractivity contribution < 1.29 is 9.84 Å². The van der Waals surface area contributed by atoms with Gasteiger partial charge in [-0.15, -0.1) is 0 Å². The lowest BCUT2D eigenvalue weighted by Gasteiger charge is -2.14. The van der Waals surface area contributed by atoms with E-state index in [4.69, 9.17) is 4.74 Å². The lowest BCUT2D eigenvalue weighted by atomic mass is 10.1. The van der Waals surface area contributed by atoms with E-state index in [2.05, 4.69) is 12.2 Å². The van der Waals surface area contributed by atoms with E-state index in [0.29, 0.717) is 13.2 Å². The first-order valence-corrected chi connectivity index (χ1v) is 5.11. The van der Waals surface area contributed by atoms with Crippen LogP contribution in [0.25, 0.3) is 0 Å². The van der Waals surface area contributed by atoms with Gasteiger partial charge in [0.15, 0.2) is 0 Å². The van der Waals surface area contributed by atoms with E-state index >= 15 is 0 Å². The van der Waals surface area contributed by atoms with Crippen LogP contribution in [-0.2, 0) is 4.74 Å². The highest BCUT2D eigenvalue weighted by molar-refractivity contribution is 4.79. The summed E-state index contributed by atoms with van der Waals surface area (Å²) >= 11 is 0. The summed E-state index contributed by atoms with van der Waals surface area (Å²) in [5, 5.41) is 12.6. The first kappa shape index (κ1) is 11.0. The van der Waals surface area contributed by atoms with Crippen LogP contribution in [0.3, 0.4) is 0 Å².